The molecular weight excluding hydrogens is 350 g/mol. The van der Waals surface area contributed by atoms with Gasteiger partial charge in [0.1, 0.15) is 5.75 Å². The number of H-pyrrole nitrogens is 1. The summed E-state index contributed by atoms with van der Waals surface area (Å²) in [5.41, 5.74) is 4.05. The number of aromatic nitrogens is 2. The number of hydrogen-bond donors (Lipinski definition) is 2. The fourth-order valence-corrected chi connectivity index (χ4v) is 2.97. The number of nitrogens with zero attached hydrogens (tertiary/aromatic N) is 1. The molecule has 1 amide bonds. The zero-order valence-corrected chi connectivity index (χ0v) is 15.3. The molecule has 3 aromatic carbocycles. The average Bonchev–Trinajstić information content (AvgIpc) is 3.16. The minimum atomic E-state index is -0.172. The predicted octanol–water partition coefficient (Wildman–Crippen LogP) is 4.99. The van der Waals surface area contributed by atoms with E-state index in [1.807, 2.05) is 60.7 Å². The highest BCUT2D eigenvalue weighted by molar-refractivity contribution is 6.05. The molecule has 4 rings (SSSR count). The Morgan fingerprint density at radius 2 is 1.71 bits per heavy atom. The van der Waals surface area contributed by atoms with Gasteiger partial charge < -0.3 is 10.1 Å². The van der Waals surface area contributed by atoms with Crippen LogP contribution in [0.15, 0.2) is 72.8 Å². The van der Waals surface area contributed by atoms with Crippen molar-refractivity contribution in [3.63, 3.8) is 0 Å². The zero-order chi connectivity index (χ0) is 19.3. The van der Waals surface area contributed by atoms with Crippen LogP contribution in [-0.2, 0) is 0 Å². The smallest absolute Gasteiger partial charge is 0.255 e. The molecule has 0 saturated heterocycles. The van der Waals surface area contributed by atoms with Gasteiger partial charge in [0.15, 0.2) is 0 Å². The Bertz CT molecular complexity index is 1140. The van der Waals surface area contributed by atoms with Crippen LogP contribution in [-0.4, -0.2) is 23.2 Å². The van der Waals surface area contributed by atoms with Crippen molar-refractivity contribution in [1.29, 1.82) is 0 Å². The van der Waals surface area contributed by atoms with Crippen LogP contribution in [0.4, 0.5) is 5.69 Å². The second-order valence-electron chi connectivity index (χ2n) is 6.26. The van der Waals surface area contributed by atoms with Crippen molar-refractivity contribution < 1.29 is 9.53 Å². The van der Waals surface area contributed by atoms with Crippen LogP contribution < -0.4 is 10.1 Å². The van der Waals surface area contributed by atoms with E-state index in [0.717, 1.165) is 27.8 Å². The minimum Gasteiger partial charge on any atom is -0.497 e. The molecule has 0 atom stereocenters. The van der Waals surface area contributed by atoms with Gasteiger partial charge in [-0.05, 0) is 48.0 Å². The standard InChI is InChI=1S/C23H19N3O2/c1-28-18-13-10-17(11-14-18)23(27)24-20-8-4-2-6-16(20)12-15-22-19-7-3-5-9-21(19)25-26-22/h2-15H,1H3,(H,24,27)(H,25,26). The largest absolute Gasteiger partial charge is 0.497 e. The molecular formula is C23H19N3O2. The number of carbonyl (C=O) groups excluding carboxylic acids is 1. The fraction of sp³-hybridized carbons (Fsp3) is 0.0435. The van der Waals surface area contributed by atoms with Gasteiger partial charge in [0.25, 0.3) is 5.91 Å². The molecule has 1 heterocycles. The van der Waals surface area contributed by atoms with Gasteiger partial charge in [-0.15, -0.1) is 0 Å². The predicted molar refractivity (Wildman–Crippen MR) is 112 cm³/mol. The SMILES string of the molecule is COc1ccc(C(=O)Nc2ccccc2C=Cc2n[nH]c3ccccc23)cc1. The molecule has 4 aromatic rings. The summed E-state index contributed by atoms with van der Waals surface area (Å²) < 4.78 is 5.13. The molecule has 0 unspecified atom stereocenters. The number of fused-ring (bicyclic) bond motifs is 1. The van der Waals surface area contributed by atoms with E-state index in [1.165, 1.54) is 0 Å². The van der Waals surface area contributed by atoms with Crippen molar-refractivity contribution in [2.24, 2.45) is 0 Å². The van der Waals surface area contributed by atoms with Crippen LogP contribution in [0.2, 0.25) is 0 Å². The number of methoxy groups -OCH3 is 1. The summed E-state index contributed by atoms with van der Waals surface area (Å²) in [5, 5.41) is 11.4. The molecule has 0 aliphatic carbocycles. The highest BCUT2D eigenvalue weighted by Gasteiger charge is 2.08. The monoisotopic (exact) mass is 369 g/mol. The van der Waals surface area contributed by atoms with Crippen molar-refractivity contribution in [2.75, 3.05) is 12.4 Å². The third-order valence-corrected chi connectivity index (χ3v) is 4.48. The van der Waals surface area contributed by atoms with Gasteiger partial charge in [-0.3, -0.25) is 9.89 Å². The maximum Gasteiger partial charge on any atom is 0.255 e. The second kappa shape index (κ2) is 7.80. The average molecular weight is 369 g/mol. The minimum absolute atomic E-state index is 0.172. The van der Waals surface area contributed by atoms with Gasteiger partial charge in [-0.1, -0.05) is 42.5 Å². The Morgan fingerprint density at radius 1 is 0.964 bits per heavy atom. The fourth-order valence-electron chi connectivity index (χ4n) is 2.97. The number of benzene rings is 3. The normalized spacial score (nSPS) is 11.0. The van der Waals surface area contributed by atoms with Gasteiger partial charge in [0, 0.05) is 16.6 Å². The molecule has 5 heteroatoms. The van der Waals surface area contributed by atoms with Gasteiger partial charge in [-0.25, -0.2) is 0 Å². The summed E-state index contributed by atoms with van der Waals surface area (Å²) in [7, 11) is 1.60. The lowest BCUT2D eigenvalue weighted by atomic mass is 10.1. The first-order valence-electron chi connectivity index (χ1n) is 8.90. The Balaban J connectivity index is 1.57. The first-order chi connectivity index (χ1) is 13.7. The summed E-state index contributed by atoms with van der Waals surface area (Å²) in [6.07, 6.45) is 3.89. The molecule has 28 heavy (non-hydrogen) atoms. The first-order valence-corrected chi connectivity index (χ1v) is 8.90. The number of aromatic amines is 1. The summed E-state index contributed by atoms with van der Waals surface area (Å²) in [6, 6.07) is 22.6. The molecule has 0 fully saturated rings. The van der Waals surface area contributed by atoms with Crippen molar-refractivity contribution in [3.05, 3.63) is 89.6 Å². The van der Waals surface area contributed by atoms with Crippen molar-refractivity contribution >= 4 is 34.6 Å². The lowest BCUT2D eigenvalue weighted by molar-refractivity contribution is 0.102. The maximum absolute atomic E-state index is 12.6. The van der Waals surface area contributed by atoms with Crippen LogP contribution in [0.1, 0.15) is 21.6 Å². The maximum atomic E-state index is 12.6. The van der Waals surface area contributed by atoms with E-state index >= 15 is 0 Å². The van der Waals surface area contributed by atoms with E-state index in [-0.39, 0.29) is 5.91 Å². The van der Waals surface area contributed by atoms with E-state index in [2.05, 4.69) is 15.5 Å². The summed E-state index contributed by atoms with van der Waals surface area (Å²) in [5.74, 6) is 0.542. The molecule has 5 nitrogen and oxygen atoms in total. The van der Waals surface area contributed by atoms with E-state index in [1.54, 1.807) is 31.4 Å². The second-order valence-corrected chi connectivity index (χ2v) is 6.26. The van der Waals surface area contributed by atoms with E-state index < -0.39 is 0 Å². The van der Waals surface area contributed by atoms with Crippen LogP contribution in [0.5, 0.6) is 5.75 Å². The van der Waals surface area contributed by atoms with Crippen LogP contribution in [0, 0.1) is 0 Å². The quantitative estimate of drug-likeness (QED) is 0.520. The first kappa shape index (κ1) is 17.5. The number of nitrogens with one attached hydrogen (secondary N) is 2. The topological polar surface area (TPSA) is 67.0 Å². The lowest BCUT2D eigenvalue weighted by Gasteiger charge is -2.09. The van der Waals surface area contributed by atoms with Crippen LogP contribution in [0.25, 0.3) is 23.1 Å². The third-order valence-electron chi connectivity index (χ3n) is 4.48. The summed E-state index contributed by atoms with van der Waals surface area (Å²) in [6.45, 7) is 0. The van der Waals surface area contributed by atoms with E-state index in [9.17, 15) is 4.79 Å². The van der Waals surface area contributed by atoms with Crippen LogP contribution >= 0.6 is 0 Å². The van der Waals surface area contributed by atoms with Crippen LogP contribution in [0.3, 0.4) is 0 Å². The van der Waals surface area contributed by atoms with E-state index in [4.69, 9.17) is 4.74 Å². The number of para-hydroxylation sites is 2. The number of anilines is 1. The highest BCUT2D eigenvalue weighted by Crippen LogP contribution is 2.22. The molecule has 138 valence electrons. The number of hydrogen-bond acceptors (Lipinski definition) is 3. The third kappa shape index (κ3) is 3.64. The molecule has 0 spiro atoms. The van der Waals surface area contributed by atoms with Gasteiger partial charge in [0.05, 0.1) is 18.3 Å². The Labute approximate surface area is 162 Å². The Hall–Kier alpha value is -3.86. The number of carbonyl (C=O) groups is 1. The number of rotatable bonds is 5. The lowest BCUT2D eigenvalue weighted by Crippen LogP contribution is -2.12. The van der Waals surface area contributed by atoms with Crippen molar-refractivity contribution in [2.45, 2.75) is 0 Å². The summed E-state index contributed by atoms with van der Waals surface area (Å²) >= 11 is 0. The molecule has 0 aliphatic heterocycles. The zero-order valence-electron chi connectivity index (χ0n) is 15.3. The Morgan fingerprint density at radius 3 is 2.54 bits per heavy atom. The number of amides is 1. The molecule has 0 saturated carbocycles. The molecule has 0 aliphatic rings. The van der Waals surface area contributed by atoms with E-state index in [0.29, 0.717) is 11.3 Å². The molecule has 0 bridgehead atoms. The van der Waals surface area contributed by atoms with Crippen molar-refractivity contribution in [1.82, 2.24) is 10.2 Å². The van der Waals surface area contributed by atoms with Gasteiger partial charge in [-0.2, -0.15) is 5.10 Å². The molecule has 2 N–H and O–H groups in total. The Kier molecular flexibility index (Phi) is 4.89. The molecule has 0 radical (unpaired) electrons. The number of ether oxygens (including phenoxy) is 1. The van der Waals surface area contributed by atoms with Gasteiger partial charge >= 0.3 is 0 Å². The van der Waals surface area contributed by atoms with Crippen molar-refractivity contribution in [3.8, 4) is 5.75 Å². The summed E-state index contributed by atoms with van der Waals surface area (Å²) in [4.78, 5) is 12.6. The van der Waals surface area contributed by atoms with Gasteiger partial charge in [0.2, 0.25) is 0 Å². The molecule has 1 aromatic heterocycles. The highest BCUT2D eigenvalue weighted by atomic mass is 16.5.